The number of para-hydroxylation sites is 1. The van der Waals surface area contributed by atoms with Crippen molar-refractivity contribution in [1.29, 1.82) is 0 Å². The summed E-state index contributed by atoms with van der Waals surface area (Å²) in [6, 6.07) is 8.67. The van der Waals surface area contributed by atoms with E-state index in [9.17, 15) is 4.79 Å². The Hall–Kier alpha value is -1.55. The summed E-state index contributed by atoms with van der Waals surface area (Å²) >= 11 is 0. The van der Waals surface area contributed by atoms with Crippen LogP contribution in [0.25, 0.3) is 0 Å². The average Bonchev–Trinajstić information content (AvgIpc) is 2.56. The number of carbonyl (C=O) groups is 1. The maximum Gasteiger partial charge on any atom is 0.226 e. The number of piperidine rings is 1. The molecule has 128 valence electrons. The molecule has 0 saturated carbocycles. The Labute approximate surface area is 140 Å². The zero-order valence-electron chi connectivity index (χ0n) is 14.8. The minimum atomic E-state index is 0.165. The number of rotatable bonds is 6. The highest BCUT2D eigenvalue weighted by Crippen LogP contribution is 2.26. The summed E-state index contributed by atoms with van der Waals surface area (Å²) in [5, 5.41) is 0. The van der Waals surface area contributed by atoms with Crippen molar-refractivity contribution in [2.45, 2.75) is 45.6 Å². The van der Waals surface area contributed by atoms with Crippen molar-refractivity contribution in [2.24, 2.45) is 5.92 Å². The molecule has 1 amide bonds. The molecule has 2 rings (SSSR count). The van der Waals surface area contributed by atoms with Gasteiger partial charge in [0.1, 0.15) is 0 Å². The predicted octanol–water partition coefficient (Wildman–Crippen LogP) is 2.78. The van der Waals surface area contributed by atoms with Crippen LogP contribution in [0, 0.1) is 5.92 Å². The number of likely N-dealkylation sites (tertiary alicyclic amines) is 1. The molecule has 0 aliphatic carbocycles. The predicted molar refractivity (Wildman–Crippen MR) is 96.2 cm³/mol. The van der Waals surface area contributed by atoms with Gasteiger partial charge in [-0.25, -0.2) is 0 Å². The van der Waals surface area contributed by atoms with Crippen LogP contribution < -0.4 is 5.73 Å². The van der Waals surface area contributed by atoms with Crippen LogP contribution in [0.3, 0.4) is 0 Å². The lowest BCUT2D eigenvalue weighted by atomic mass is 9.89. The lowest BCUT2D eigenvalue weighted by Crippen LogP contribution is -2.47. The number of amides is 1. The number of nitrogen functional groups attached to an aromatic ring is 1. The number of carbonyl (C=O) groups excluding carboxylic acids is 1. The summed E-state index contributed by atoms with van der Waals surface area (Å²) in [7, 11) is 2.15. The Balaban J connectivity index is 1.87. The normalized spacial score (nSPS) is 22.0. The van der Waals surface area contributed by atoms with Gasteiger partial charge in [0.25, 0.3) is 0 Å². The molecular weight excluding hydrogens is 286 g/mol. The van der Waals surface area contributed by atoms with Crippen molar-refractivity contribution in [3.63, 3.8) is 0 Å². The quantitative estimate of drug-likeness (QED) is 0.821. The molecule has 2 atom stereocenters. The van der Waals surface area contributed by atoms with Gasteiger partial charge in [0, 0.05) is 31.4 Å². The molecule has 1 heterocycles. The molecule has 4 heteroatoms. The van der Waals surface area contributed by atoms with E-state index in [2.05, 4.69) is 37.9 Å². The largest absolute Gasteiger partial charge is 0.399 e. The van der Waals surface area contributed by atoms with Crippen LogP contribution in [0.4, 0.5) is 5.69 Å². The molecule has 1 aliphatic rings. The van der Waals surface area contributed by atoms with Crippen molar-refractivity contribution >= 4 is 11.6 Å². The van der Waals surface area contributed by atoms with Crippen molar-refractivity contribution < 1.29 is 4.79 Å². The van der Waals surface area contributed by atoms with E-state index in [-0.39, 0.29) is 5.92 Å². The SMILES string of the molecule is CCN(CC)C(=O)C1CCC(CCc2ccccc2N)N(C)C1. The van der Waals surface area contributed by atoms with E-state index in [0.717, 1.165) is 51.0 Å². The second-order valence-electron chi connectivity index (χ2n) is 6.62. The van der Waals surface area contributed by atoms with Gasteiger partial charge in [-0.3, -0.25) is 4.79 Å². The molecule has 1 aliphatic heterocycles. The van der Waals surface area contributed by atoms with Crippen molar-refractivity contribution in [2.75, 3.05) is 32.4 Å². The maximum absolute atomic E-state index is 12.5. The molecule has 1 aromatic carbocycles. The molecule has 4 nitrogen and oxygen atoms in total. The van der Waals surface area contributed by atoms with Crippen LogP contribution in [0.5, 0.6) is 0 Å². The van der Waals surface area contributed by atoms with Gasteiger partial charge in [0.2, 0.25) is 5.91 Å². The van der Waals surface area contributed by atoms with Crippen LogP contribution in [-0.4, -0.2) is 48.4 Å². The van der Waals surface area contributed by atoms with Crippen LogP contribution in [0.15, 0.2) is 24.3 Å². The zero-order chi connectivity index (χ0) is 16.8. The number of nitrogens with two attached hydrogens (primary N) is 1. The fourth-order valence-corrected chi connectivity index (χ4v) is 3.65. The first kappa shape index (κ1) is 17.8. The van der Waals surface area contributed by atoms with Gasteiger partial charge >= 0.3 is 0 Å². The van der Waals surface area contributed by atoms with Gasteiger partial charge < -0.3 is 15.5 Å². The first-order chi connectivity index (χ1) is 11.1. The van der Waals surface area contributed by atoms with E-state index in [1.165, 1.54) is 5.56 Å². The van der Waals surface area contributed by atoms with Gasteiger partial charge in [-0.1, -0.05) is 18.2 Å². The third-order valence-corrected chi connectivity index (χ3v) is 5.21. The van der Waals surface area contributed by atoms with Crippen LogP contribution in [0.2, 0.25) is 0 Å². The third kappa shape index (κ3) is 4.47. The van der Waals surface area contributed by atoms with E-state index >= 15 is 0 Å². The molecule has 0 radical (unpaired) electrons. The number of benzene rings is 1. The summed E-state index contributed by atoms with van der Waals surface area (Å²) in [4.78, 5) is 16.9. The van der Waals surface area contributed by atoms with Crippen LogP contribution in [-0.2, 0) is 11.2 Å². The molecule has 23 heavy (non-hydrogen) atoms. The maximum atomic E-state index is 12.5. The molecule has 0 aromatic heterocycles. The molecule has 0 bridgehead atoms. The molecule has 0 spiro atoms. The molecule has 1 fully saturated rings. The summed E-state index contributed by atoms with van der Waals surface area (Å²) in [6.07, 6.45) is 4.22. The average molecular weight is 317 g/mol. The molecular formula is C19H31N3O. The summed E-state index contributed by atoms with van der Waals surface area (Å²) < 4.78 is 0. The highest BCUT2D eigenvalue weighted by molar-refractivity contribution is 5.79. The minimum Gasteiger partial charge on any atom is -0.399 e. The van der Waals surface area contributed by atoms with Gasteiger partial charge in [-0.15, -0.1) is 0 Å². The lowest BCUT2D eigenvalue weighted by Gasteiger charge is -2.38. The zero-order valence-corrected chi connectivity index (χ0v) is 14.8. The highest BCUT2D eigenvalue weighted by Gasteiger charge is 2.31. The van der Waals surface area contributed by atoms with Gasteiger partial charge in [-0.2, -0.15) is 0 Å². The van der Waals surface area contributed by atoms with E-state index < -0.39 is 0 Å². The number of aryl methyl sites for hydroxylation is 1. The van der Waals surface area contributed by atoms with Gasteiger partial charge in [0.05, 0.1) is 5.92 Å². The third-order valence-electron chi connectivity index (χ3n) is 5.21. The Kier molecular flexibility index (Phi) is 6.46. The van der Waals surface area contributed by atoms with Crippen LogP contribution >= 0.6 is 0 Å². The Morgan fingerprint density at radius 1 is 1.26 bits per heavy atom. The number of nitrogens with zero attached hydrogens (tertiary/aromatic N) is 2. The van der Waals surface area contributed by atoms with Crippen molar-refractivity contribution in [1.82, 2.24) is 9.80 Å². The molecule has 1 saturated heterocycles. The Morgan fingerprint density at radius 2 is 1.96 bits per heavy atom. The topological polar surface area (TPSA) is 49.6 Å². The smallest absolute Gasteiger partial charge is 0.226 e. The van der Waals surface area contributed by atoms with Gasteiger partial charge in [0.15, 0.2) is 0 Å². The second kappa shape index (κ2) is 8.34. The van der Waals surface area contributed by atoms with Crippen molar-refractivity contribution in [3.8, 4) is 0 Å². The molecule has 2 unspecified atom stereocenters. The molecule has 2 N–H and O–H groups in total. The monoisotopic (exact) mass is 317 g/mol. The highest BCUT2D eigenvalue weighted by atomic mass is 16.2. The van der Waals surface area contributed by atoms with E-state index in [1.54, 1.807) is 0 Å². The first-order valence-electron chi connectivity index (χ1n) is 8.89. The summed E-state index contributed by atoms with van der Waals surface area (Å²) in [5.41, 5.74) is 8.16. The number of hydrogen-bond donors (Lipinski definition) is 1. The van der Waals surface area contributed by atoms with Crippen LogP contribution in [0.1, 0.15) is 38.7 Å². The van der Waals surface area contributed by atoms with E-state index in [4.69, 9.17) is 5.73 Å². The standard InChI is InChI=1S/C19H31N3O/c1-4-22(5-2)19(23)16-11-13-17(21(3)14-16)12-10-15-8-6-7-9-18(15)20/h6-9,16-17H,4-5,10-14,20H2,1-3H3. The summed E-state index contributed by atoms with van der Waals surface area (Å²) in [6.45, 7) is 6.62. The Bertz CT molecular complexity index is 513. The fourth-order valence-electron chi connectivity index (χ4n) is 3.65. The fraction of sp³-hybridized carbons (Fsp3) is 0.632. The number of hydrogen-bond acceptors (Lipinski definition) is 3. The number of anilines is 1. The molecule has 1 aromatic rings. The van der Waals surface area contributed by atoms with E-state index in [0.29, 0.717) is 11.9 Å². The summed E-state index contributed by atoms with van der Waals surface area (Å²) in [5.74, 6) is 0.491. The lowest BCUT2D eigenvalue weighted by molar-refractivity contribution is -0.137. The minimum absolute atomic E-state index is 0.165. The Morgan fingerprint density at radius 3 is 2.57 bits per heavy atom. The first-order valence-corrected chi connectivity index (χ1v) is 8.89. The van der Waals surface area contributed by atoms with Crippen molar-refractivity contribution in [3.05, 3.63) is 29.8 Å². The van der Waals surface area contributed by atoms with E-state index in [1.807, 2.05) is 17.0 Å². The van der Waals surface area contributed by atoms with Gasteiger partial charge in [-0.05, 0) is 58.2 Å². The second-order valence-corrected chi connectivity index (χ2v) is 6.62.